The third-order valence-corrected chi connectivity index (χ3v) is 5.52. The van der Waals surface area contributed by atoms with Crippen LogP contribution in [0.4, 0.5) is 0 Å². The molecule has 1 unspecified atom stereocenters. The van der Waals surface area contributed by atoms with Crippen molar-refractivity contribution in [3.63, 3.8) is 0 Å². The van der Waals surface area contributed by atoms with E-state index in [-0.39, 0.29) is 12.5 Å². The van der Waals surface area contributed by atoms with Gasteiger partial charge in [-0.25, -0.2) is 4.99 Å². The van der Waals surface area contributed by atoms with Crippen LogP contribution in [0.5, 0.6) is 0 Å². The van der Waals surface area contributed by atoms with Crippen LogP contribution in [0.2, 0.25) is 0 Å². The Bertz CT molecular complexity index is 625. The second-order valence-corrected chi connectivity index (χ2v) is 7.72. The minimum absolute atomic E-state index is 0.0349. The number of aliphatic imine (C=N–C) groups is 1. The number of likely N-dealkylation sites (tertiary alicyclic amines) is 2. The summed E-state index contributed by atoms with van der Waals surface area (Å²) in [4.78, 5) is 23.2. The largest absolute Gasteiger partial charge is 0.356 e. The second kappa shape index (κ2) is 9.74. The molecule has 148 valence electrons. The lowest BCUT2D eigenvalue weighted by Gasteiger charge is -2.25. The molecule has 1 N–H and O–H groups in total. The number of benzene rings is 1. The number of rotatable bonds is 6. The van der Waals surface area contributed by atoms with Crippen molar-refractivity contribution in [2.75, 3.05) is 53.4 Å². The number of nitrogens with one attached hydrogen (secondary N) is 1. The van der Waals surface area contributed by atoms with Crippen LogP contribution in [0.25, 0.3) is 0 Å². The first-order valence-electron chi connectivity index (χ1n) is 10.1. The molecule has 0 radical (unpaired) electrons. The molecule has 0 aliphatic carbocycles. The minimum Gasteiger partial charge on any atom is -0.356 e. The Morgan fingerprint density at radius 3 is 2.63 bits per heavy atom. The van der Waals surface area contributed by atoms with E-state index in [0.29, 0.717) is 6.04 Å². The molecule has 0 bridgehead atoms. The van der Waals surface area contributed by atoms with Gasteiger partial charge in [0, 0.05) is 39.8 Å². The Balaban J connectivity index is 1.58. The van der Waals surface area contributed by atoms with E-state index in [0.717, 1.165) is 32.0 Å². The van der Waals surface area contributed by atoms with Crippen LogP contribution in [0, 0.1) is 0 Å². The van der Waals surface area contributed by atoms with Gasteiger partial charge in [-0.05, 0) is 44.3 Å². The van der Waals surface area contributed by atoms with Crippen LogP contribution >= 0.6 is 0 Å². The van der Waals surface area contributed by atoms with Gasteiger partial charge in [0.15, 0.2) is 5.96 Å². The third-order valence-electron chi connectivity index (χ3n) is 5.52. The normalized spacial score (nSPS) is 20.9. The van der Waals surface area contributed by atoms with E-state index >= 15 is 0 Å². The zero-order chi connectivity index (χ0) is 19.1. The molecule has 3 rings (SSSR count). The van der Waals surface area contributed by atoms with E-state index in [4.69, 9.17) is 0 Å². The fraction of sp³-hybridized carbons (Fsp3) is 0.619. The van der Waals surface area contributed by atoms with Gasteiger partial charge in [0.2, 0.25) is 5.91 Å². The Hall–Kier alpha value is -2.08. The number of carbonyl (C=O) groups is 1. The summed E-state index contributed by atoms with van der Waals surface area (Å²) in [6.07, 6.45) is 4.78. The number of carbonyl (C=O) groups excluding carboxylic acids is 1. The quantitative estimate of drug-likeness (QED) is 0.607. The van der Waals surface area contributed by atoms with Crippen LogP contribution in [-0.4, -0.2) is 86.0 Å². The van der Waals surface area contributed by atoms with Crippen molar-refractivity contribution in [2.24, 2.45) is 4.99 Å². The number of guanidine groups is 1. The van der Waals surface area contributed by atoms with Crippen molar-refractivity contribution in [3.8, 4) is 0 Å². The summed E-state index contributed by atoms with van der Waals surface area (Å²) in [7, 11) is 3.55. The molecule has 1 aromatic rings. The summed E-state index contributed by atoms with van der Waals surface area (Å²) in [6, 6.07) is 11.1. The highest BCUT2D eigenvalue weighted by molar-refractivity contribution is 5.85. The summed E-state index contributed by atoms with van der Waals surface area (Å²) in [5.41, 5.74) is 1.31. The van der Waals surface area contributed by atoms with E-state index in [9.17, 15) is 4.79 Å². The molecule has 2 aliphatic rings. The van der Waals surface area contributed by atoms with Crippen LogP contribution in [0.3, 0.4) is 0 Å². The van der Waals surface area contributed by atoms with Crippen molar-refractivity contribution >= 4 is 11.9 Å². The molecule has 2 aliphatic heterocycles. The van der Waals surface area contributed by atoms with Gasteiger partial charge >= 0.3 is 0 Å². The second-order valence-electron chi connectivity index (χ2n) is 7.72. The van der Waals surface area contributed by atoms with Gasteiger partial charge in [-0.2, -0.15) is 0 Å². The van der Waals surface area contributed by atoms with E-state index in [1.54, 1.807) is 19.0 Å². The van der Waals surface area contributed by atoms with Gasteiger partial charge in [0.25, 0.3) is 0 Å². The molecule has 0 saturated carbocycles. The maximum atomic E-state index is 12.0. The summed E-state index contributed by atoms with van der Waals surface area (Å²) in [5.74, 6) is 0.912. The molecule has 27 heavy (non-hydrogen) atoms. The predicted octanol–water partition coefficient (Wildman–Crippen LogP) is 1.43. The molecule has 0 spiro atoms. The lowest BCUT2D eigenvalue weighted by Crippen LogP contribution is -2.44. The van der Waals surface area contributed by atoms with Crippen LogP contribution in [-0.2, 0) is 11.2 Å². The van der Waals surface area contributed by atoms with E-state index in [1.807, 2.05) is 6.07 Å². The number of nitrogens with zero attached hydrogens (tertiary/aromatic N) is 4. The monoisotopic (exact) mass is 371 g/mol. The Morgan fingerprint density at radius 1 is 1.19 bits per heavy atom. The van der Waals surface area contributed by atoms with Crippen LogP contribution < -0.4 is 5.32 Å². The highest BCUT2D eigenvalue weighted by atomic mass is 16.2. The van der Waals surface area contributed by atoms with E-state index in [2.05, 4.69) is 44.4 Å². The lowest BCUT2D eigenvalue weighted by atomic mass is 10.1. The minimum atomic E-state index is 0.0349. The molecule has 6 heteroatoms. The Labute approximate surface area is 163 Å². The smallest absolute Gasteiger partial charge is 0.243 e. The predicted molar refractivity (Wildman–Crippen MR) is 110 cm³/mol. The summed E-state index contributed by atoms with van der Waals surface area (Å²) in [5, 5.41) is 3.50. The molecular weight excluding hydrogens is 338 g/mol. The highest BCUT2D eigenvalue weighted by Gasteiger charge is 2.30. The van der Waals surface area contributed by atoms with Crippen molar-refractivity contribution in [3.05, 3.63) is 35.9 Å². The van der Waals surface area contributed by atoms with Gasteiger partial charge in [-0.3, -0.25) is 9.69 Å². The molecule has 2 heterocycles. The topological polar surface area (TPSA) is 51.2 Å². The molecule has 6 nitrogen and oxygen atoms in total. The lowest BCUT2D eigenvalue weighted by molar-refractivity contribution is -0.127. The van der Waals surface area contributed by atoms with E-state index in [1.165, 1.54) is 37.9 Å². The maximum absolute atomic E-state index is 12.0. The molecular formula is C21H33N5O. The summed E-state index contributed by atoms with van der Waals surface area (Å²) in [6.45, 7) is 5.49. The Morgan fingerprint density at radius 2 is 1.93 bits per heavy atom. The van der Waals surface area contributed by atoms with Gasteiger partial charge in [-0.1, -0.05) is 30.3 Å². The van der Waals surface area contributed by atoms with Crippen LogP contribution in [0.1, 0.15) is 24.8 Å². The molecule has 1 amide bonds. The maximum Gasteiger partial charge on any atom is 0.243 e. The number of amides is 1. The van der Waals surface area contributed by atoms with Crippen molar-refractivity contribution < 1.29 is 4.79 Å². The van der Waals surface area contributed by atoms with Gasteiger partial charge in [0.1, 0.15) is 6.54 Å². The third kappa shape index (κ3) is 5.70. The molecule has 0 aromatic heterocycles. The first-order chi connectivity index (χ1) is 13.1. The first-order valence-corrected chi connectivity index (χ1v) is 10.1. The fourth-order valence-electron chi connectivity index (χ4n) is 3.85. The number of likely N-dealkylation sites (N-methyl/N-ethyl adjacent to an activating group) is 1. The summed E-state index contributed by atoms with van der Waals surface area (Å²) < 4.78 is 0. The van der Waals surface area contributed by atoms with Crippen LogP contribution in [0.15, 0.2) is 35.3 Å². The SMILES string of the molecule is CN(C)C(=O)CN=C(NCCc1ccccc1)N1CCC(N2CCCC2)C1. The fourth-order valence-corrected chi connectivity index (χ4v) is 3.85. The molecule has 1 atom stereocenters. The number of hydrogen-bond acceptors (Lipinski definition) is 3. The summed E-state index contributed by atoms with van der Waals surface area (Å²) >= 11 is 0. The van der Waals surface area contributed by atoms with Gasteiger partial charge < -0.3 is 15.1 Å². The van der Waals surface area contributed by atoms with Gasteiger partial charge in [0.05, 0.1) is 0 Å². The number of hydrogen-bond donors (Lipinski definition) is 1. The van der Waals surface area contributed by atoms with Crippen molar-refractivity contribution in [2.45, 2.75) is 31.7 Å². The van der Waals surface area contributed by atoms with Gasteiger partial charge in [-0.15, -0.1) is 0 Å². The molecule has 1 aromatic carbocycles. The van der Waals surface area contributed by atoms with Crippen molar-refractivity contribution in [1.29, 1.82) is 0 Å². The first kappa shape index (κ1) is 19.7. The average molecular weight is 372 g/mol. The molecule has 2 saturated heterocycles. The van der Waals surface area contributed by atoms with Crippen molar-refractivity contribution in [1.82, 2.24) is 20.0 Å². The molecule has 2 fully saturated rings. The van der Waals surface area contributed by atoms with E-state index < -0.39 is 0 Å². The highest BCUT2D eigenvalue weighted by Crippen LogP contribution is 2.20. The Kier molecular flexibility index (Phi) is 7.10. The standard InChI is InChI=1S/C21H33N5O/c1-24(2)20(27)16-23-21(22-12-10-18-8-4-3-5-9-18)26-15-11-19(17-26)25-13-6-7-14-25/h3-5,8-9,19H,6-7,10-17H2,1-2H3,(H,22,23). The zero-order valence-corrected chi connectivity index (χ0v) is 16.7. The average Bonchev–Trinajstić information content (AvgIpc) is 3.36. The zero-order valence-electron chi connectivity index (χ0n) is 16.7.